The van der Waals surface area contributed by atoms with E-state index in [1.807, 2.05) is 13.8 Å². The van der Waals surface area contributed by atoms with E-state index in [9.17, 15) is 4.79 Å². The number of primary amides is 1. The maximum atomic E-state index is 11.4. The first-order chi connectivity index (χ1) is 7.41. The topological polar surface area (TPSA) is 55.1 Å². The normalized spacial score (nSPS) is 12.8. The highest BCUT2D eigenvalue weighted by molar-refractivity contribution is 9.10. The van der Waals surface area contributed by atoms with Crippen molar-refractivity contribution in [2.75, 3.05) is 0 Å². The first-order valence-corrected chi connectivity index (χ1v) is 6.09. The van der Waals surface area contributed by atoms with Crippen LogP contribution in [0, 0.1) is 0 Å². The van der Waals surface area contributed by atoms with Gasteiger partial charge in [0.15, 0.2) is 0 Å². The number of carbonyl (C=O) groups is 1. The maximum Gasteiger partial charge on any atom is 0.239 e. The summed E-state index contributed by atoms with van der Waals surface area (Å²) in [5.41, 5.74) is 6.17. The molecule has 5 heteroatoms. The monoisotopic (exact) mass is 304 g/mol. The number of nitrogens with one attached hydrogen (secondary N) is 1. The fraction of sp³-hybridized carbons (Fsp3) is 0.364. The molecule has 0 fully saturated rings. The van der Waals surface area contributed by atoms with Gasteiger partial charge in [-0.05, 0) is 31.5 Å². The zero-order valence-corrected chi connectivity index (χ0v) is 11.5. The summed E-state index contributed by atoms with van der Waals surface area (Å²) in [7, 11) is 0. The number of amides is 1. The highest BCUT2D eigenvalue weighted by Gasteiger charge is 2.20. The number of rotatable bonds is 4. The predicted octanol–water partition coefficient (Wildman–Crippen LogP) is 2.63. The van der Waals surface area contributed by atoms with E-state index < -0.39 is 11.9 Å². The molecule has 1 rings (SSSR count). The van der Waals surface area contributed by atoms with Gasteiger partial charge in [-0.15, -0.1) is 0 Å². The average molecular weight is 306 g/mol. The summed E-state index contributed by atoms with van der Waals surface area (Å²) in [6, 6.07) is 4.93. The van der Waals surface area contributed by atoms with Gasteiger partial charge >= 0.3 is 0 Å². The van der Waals surface area contributed by atoms with Crippen molar-refractivity contribution in [1.29, 1.82) is 0 Å². The van der Waals surface area contributed by atoms with Crippen LogP contribution in [-0.4, -0.2) is 11.9 Å². The van der Waals surface area contributed by atoms with Crippen LogP contribution in [0.15, 0.2) is 22.7 Å². The van der Waals surface area contributed by atoms with E-state index in [4.69, 9.17) is 17.3 Å². The average Bonchev–Trinajstić information content (AvgIpc) is 2.14. The van der Waals surface area contributed by atoms with Crippen molar-refractivity contribution in [2.24, 2.45) is 5.73 Å². The molecule has 0 aromatic heterocycles. The number of nitrogens with two attached hydrogens (primary N) is 1. The number of benzene rings is 1. The molecule has 3 N–H and O–H groups in total. The van der Waals surface area contributed by atoms with Crippen molar-refractivity contribution in [2.45, 2.75) is 25.9 Å². The van der Waals surface area contributed by atoms with E-state index in [-0.39, 0.29) is 6.04 Å². The minimum Gasteiger partial charge on any atom is -0.368 e. The minimum absolute atomic E-state index is 0.167. The van der Waals surface area contributed by atoms with Gasteiger partial charge in [-0.2, -0.15) is 0 Å². The summed E-state index contributed by atoms with van der Waals surface area (Å²) in [5, 5.41) is 3.72. The molecule has 0 aliphatic heterocycles. The van der Waals surface area contributed by atoms with Crippen molar-refractivity contribution in [3.8, 4) is 0 Å². The van der Waals surface area contributed by atoms with E-state index in [1.54, 1.807) is 18.2 Å². The van der Waals surface area contributed by atoms with Gasteiger partial charge < -0.3 is 5.73 Å². The van der Waals surface area contributed by atoms with Crippen molar-refractivity contribution in [3.05, 3.63) is 33.3 Å². The lowest BCUT2D eigenvalue weighted by Gasteiger charge is -2.19. The lowest BCUT2D eigenvalue weighted by molar-refractivity contribution is -0.120. The lowest BCUT2D eigenvalue weighted by atomic mass is 10.1. The Morgan fingerprint density at radius 3 is 2.56 bits per heavy atom. The van der Waals surface area contributed by atoms with Crippen LogP contribution in [0.5, 0.6) is 0 Å². The van der Waals surface area contributed by atoms with E-state index >= 15 is 0 Å². The third-order valence-electron chi connectivity index (χ3n) is 2.06. The molecular formula is C11H14BrClN2O. The standard InChI is InChI=1S/C11H14BrClN2O/c1-6(2)15-10(11(14)16)8-4-3-7(13)5-9(8)12/h3-6,10,15H,1-2H3,(H2,14,16). The zero-order valence-electron chi connectivity index (χ0n) is 9.13. The van der Waals surface area contributed by atoms with Crippen LogP contribution in [-0.2, 0) is 4.79 Å². The van der Waals surface area contributed by atoms with Gasteiger partial charge in [0, 0.05) is 15.5 Å². The van der Waals surface area contributed by atoms with E-state index in [1.165, 1.54) is 0 Å². The summed E-state index contributed by atoms with van der Waals surface area (Å²) in [5.74, 6) is -0.406. The molecule has 0 spiro atoms. The van der Waals surface area contributed by atoms with Crippen LogP contribution in [0.4, 0.5) is 0 Å². The van der Waals surface area contributed by atoms with Crippen molar-refractivity contribution in [3.63, 3.8) is 0 Å². The molecule has 1 aromatic rings. The molecule has 16 heavy (non-hydrogen) atoms. The Morgan fingerprint density at radius 1 is 1.50 bits per heavy atom. The number of halogens is 2. The van der Waals surface area contributed by atoms with Crippen LogP contribution in [0.25, 0.3) is 0 Å². The molecule has 0 bridgehead atoms. The molecule has 1 aromatic carbocycles. The van der Waals surface area contributed by atoms with Crippen LogP contribution in [0.1, 0.15) is 25.5 Å². The summed E-state index contributed by atoms with van der Waals surface area (Å²) >= 11 is 9.21. The summed E-state index contributed by atoms with van der Waals surface area (Å²) in [6.07, 6.45) is 0. The molecule has 0 aliphatic carbocycles. The third kappa shape index (κ3) is 3.47. The molecule has 0 radical (unpaired) electrons. The Hall–Kier alpha value is -0.580. The second-order valence-electron chi connectivity index (χ2n) is 3.82. The molecule has 0 saturated carbocycles. The van der Waals surface area contributed by atoms with E-state index in [0.29, 0.717) is 5.02 Å². The largest absolute Gasteiger partial charge is 0.368 e. The quantitative estimate of drug-likeness (QED) is 0.898. The minimum atomic E-state index is -0.508. The van der Waals surface area contributed by atoms with Gasteiger partial charge in [0.25, 0.3) is 0 Å². The predicted molar refractivity (Wildman–Crippen MR) is 69.4 cm³/mol. The van der Waals surface area contributed by atoms with Gasteiger partial charge in [-0.25, -0.2) is 0 Å². The highest BCUT2D eigenvalue weighted by atomic mass is 79.9. The first kappa shape index (κ1) is 13.5. The molecule has 88 valence electrons. The molecule has 0 heterocycles. The van der Waals surface area contributed by atoms with Gasteiger partial charge in [0.05, 0.1) is 0 Å². The van der Waals surface area contributed by atoms with Crippen LogP contribution in [0.3, 0.4) is 0 Å². The molecule has 3 nitrogen and oxygen atoms in total. The smallest absolute Gasteiger partial charge is 0.239 e. The fourth-order valence-electron chi connectivity index (χ4n) is 1.39. The number of hydrogen-bond acceptors (Lipinski definition) is 2. The SMILES string of the molecule is CC(C)NC(C(N)=O)c1ccc(Cl)cc1Br. The molecule has 0 saturated heterocycles. The summed E-state index contributed by atoms with van der Waals surface area (Å²) in [6.45, 7) is 3.92. The summed E-state index contributed by atoms with van der Waals surface area (Å²) < 4.78 is 0.775. The highest BCUT2D eigenvalue weighted by Crippen LogP contribution is 2.26. The van der Waals surface area contributed by atoms with Crippen LogP contribution >= 0.6 is 27.5 Å². The van der Waals surface area contributed by atoms with Crippen molar-refractivity contribution in [1.82, 2.24) is 5.32 Å². The Bertz CT molecular complexity index is 396. The molecule has 1 amide bonds. The molecule has 0 aliphatic rings. The van der Waals surface area contributed by atoms with Crippen LogP contribution in [0.2, 0.25) is 5.02 Å². The molecule has 1 unspecified atom stereocenters. The Morgan fingerprint density at radius 2 is 2.12 bits per heavy atom. The second kappa shape index (κ2) is 5.66. The number of hydrogen-bond donors (Lipinski definition) is 2. The van der Waals surface area contributed by atoms with E-state index in [2.05, 4.69) is 21.2 Å². The van der Waals surface area contributed by atoms with Gasteiger partial charge in [0.2, 0.25) is 5.91 Å². The summed E-state index contributed by atoms with van der Waals surface area (Å²) in [4.78, 5) is 11.4. The Kier molecular flexibility index (Phi) is 4.77. The maximum absolute atomic E-state index is 11.4. The molecular weight excluding hydrogens is 291 g/mol. The van der Waals surface area contributed by atoms with Crippen molar-refractivity contribution < 1.29 is 4.79 Å². The molecule has 1 atom stereocenters. The Labute approximate surface area is 108 Å². The number of carbonyl (C=O) groups excluding carboxylic acids is 1. The van der Waals surface area contributed by atoms with Gasteiger partial charge in [-0.1, -0.05) is 33.6 Å². The van der Waals surface area contributed by atoms with Gasteiger partial charge in [0.1, 0.15) is 6.04 Å². The van der Waals surface area contributed by atoms with Gasteiger partial charge in [-0.3, -0.25) is 10.1 Å². The van der Waals surface area contributed by atoms with Crippen molar-refractivity contribution >= 4 is 33.4 Å². The fourth-order valence-corrected chi connectivity index (χ4v) is 2.31. The Balaban J connectivity index is 3.06. The van der Waals surface area contributed by atoms with E-state index in [0.717, 1.165) is 10.0 Å². The van der Waals surface area contributed by atoms with Crippen LogP contribution < -0.4 is 11.1 Å². The zero-order chi connectivity index (χ0) is 12.3. The third-order valence-corrected chi connectivity index (χ3v) is 2.98. The first-order valence-electron chi connectivity index (χ1n) is 4.92. The lowest BCUT2D eigenvalue weighted by Crippen LogP contribution is -2.37. The second-order valence-corrected chi connectivity index (χ2v) is 5.11.